The highest BCUT2D eigenvalue weighted by molar-refractivity contribution is 5.91. The second kappa shape index (κ2) is 6.63. The van der Waals surface area contributed by atoms with Gasteiger partial charge in [-0.25, -0.2) is 10.5 Å². The molecule has 2 heterocycles. The average Bonchev–Trinajstić information content (AvgIpc) is 2.46. The molecule has 0 spiro atoms. The van der Waals surface area contributed by atoms with Gasteiger partial charge in [-0.3, -0.25) is 9.63 Å². The van der Waals surface area contributed by atoms with Gasteiger partial charge in [0.05, 0.1) is 6.10 Å². The van der Waals surface area contributed by atoms with E-state index in [1.165, 1.54) is 0 Å². The first-order valence-corrected chi connectivity index (χ1v) is 6.67. The van der Waals surface area contributed by atoms with Crippen LogP contribution in [0.25, 0.3) is 0 Å². The van der Waals surface area contributed by atoms with Crippen LogP contribution in [0.4, 0.5) is 0 Å². The highest BCUT2D eigenvalue weighted by atomic mass is 16.7. The van der Waals surface area contributed by atoms with Crippen LogP contribution >= 0.6 is 0 Å². The van der Waals surface area contributed by atoms with Crippen molar-refractivity contribution < 1.29 is 14.4 Å². The molecule has 0 aromatic carbocycles. The molecule has 1 N–H and O–H groups in total. The molecule has 5 heteroatoms. The molecule has 2 rings (SSSR count). The minimum atomic E-state index is -0.297. The molecule has 0 aliphatic carbocycles. The number of hydrogen-bond acceptors (Lipinski definition) is 4. The fraction of sp³-hybridized carbons (Fsp3) is 0.571. The monoisotopic (exact) mass is 264 g/mol. The van der Waals surface area contributed by atoms with Gasteiger partial charge < -0.3 is 4.74 Å². The average molecular weight is 264 g/mol. The smallest absolute Gasteiger partial charge is 0.293 e. The maximum absolute atomic E-state index is 11.9. The van der Waals surface area contributed by atoms with Crippen molar-refractivity contribution in [3.63, 3.8) is 0 Å². The van der Waals surface area contributed by atoms with Crippen LogP contribution in [0.5, 0.6) is 0 Å². The summed E-state index contributed by atoms with van der Waals surface area (Å²) in [6.45, 7) is 5.45. The summed E-state index contributed by atoms with van der Waals surface area (Å²) in [6.07, 6.45) is 1.64. The molecule has 19 heavy (non-hydrogen) atoms. The molecule has 0 atom stereocenters. The maximum Gasteiger partial charge on any atom is 0.293 e. The van der Waals surface area contributed by atoms with E-state index >= 15 is 0 Å². The largest absolute Gasteiger partial charge is 0.381 e. The van der Waals surface area contributed by atoms with E-state index in [0.717, 1.165) is 18.5 Å². The molecular weight excluding hydrogens is 244 g/mol. The van der Waals surface area contributed by atoms with E-state index in [4.69, 9.17) is 9.57 Å². The van der Waals surface area contributed by atoms with Crippen LogP contribution < -0.4 is 5.48 Å². The van der Waals surface area contributed by atoms with Gasteiger partial charge in [0.25, 0.3) is 5.91 Å². The lowest BCUT2D eigenvalue weighted by molar-refractivity contribution is -0.0674. The lowest BCUT2D eigenvalue weighted by atomic mass is 10.1. The number of ether oxygens (including phenoxy) is 1. The molecule has 1 aromatic rings. The standard InChI is InChI=1S/C14H20N2O3/c1-10(2)12-4-3-5-13(15-12)14(17)16-19-11-6-8-18-9-7-11/h3-5,10-11H,6-9H2,1-2H3,(H,16,17). The summed E-state index contributed by atoms with van der Waals surface area (Å²) in [6, 6.07) is 5.45. The molecule has 1 aliphatic heterocycles. The maximum atomic E-state index is 11.9. The van der Waals surface area contributed by atoms with Crippen molar-refractivity contribution in [3.8, 4) is 0 Å². The van der Waals surface area contributed by atoms with Crippen molar-refractivity contribution in [1.29, 1.82) is 0 Å². The van der Waals surface area contributed by atoms with Gasteiger partial charge in [-0.05, 0) is 30.9 Å². The second-order valence-electron chi connectivity index (χ2n) is 4.96. The number of rotatable bonds is 4. The number of hydroxylamine groups is 1. The minimum absolute atomic E-state index is 0.0333. The fourth-order valence-corrected chi connectivity index (χ4v) is 1.88. The summed E-state index contributed by atoms with van der Waals surface area (Å²) < 4.78 is 5.23. The van der Waals surface area contributed by atoms with Crippen molar-refractivity contribution in [2.24, 2.45) is 0 Å². The summed E-state index contributed by atoms with van der Waals surface area (Å²) in [7, 11) is 0. The van der Waals surface area contributed by atoms with E-state index in [9.17, 15) is 4.79 Å². The zero-order valence-corrected chi connectivity index (χ0v) is 11.4. The van der Waals surface area contributed by atoms with Crippen molar-refractivity contribution >= 4 is 5.91 Å². The predicted molar refractivity (Wildman–Crippen MR) is 70.7 cm³/mol. The number of carbonyl (C=O) groups excluding carboxylic acids is 1. The van der Waals surface area contributed by atoms with Gasteiger partial charge in [0.2, 0.25) is 0 Å². The molecule has 1 aliphatic rings. The minimum Gasteiger partial charge on any atom is -0.381 e. The molecule has 1 aromatic heterocycles. The van der Waals surface area contributed by atoms with Gasteiger partial charge in [-0.1, -0.05) is 19.9 Å². The number of hydrogen-bond donors (Lipinski definition) is 1. The lowest BCUT2D eigenvalue weighted by Gasteiger charge is -2.21. The van der Waals surface area contributed by atoms with E-state index in [1.54, 1.807) is 6.07 Å². The highest BCUT2D eigenvalue weighted by Gasteiger charge is 2.17. The van der Waals surface area contributed by atoms with Crippen LogP contribution in [0.2, 0.25) is 0 Å². The van der Waals surface area contributed by atoms with Gasteiger partial charge >= 0.3 is 0 Å². The summed E-state index contributed by atoms with van der Waals surface area (Å²) in [5.74, 6) is -0.00171. The quantitative estimate of drug-likeness (QED) is 0.845. The Morgan fingerprint density at radius 2 is 2.16 bits per heavy atom. The van der Waals surface area contributed by atoms with Crippen LogP contribution in [-0.4, -0.2) is 30.2 Å². The lowest BCUT2D eigenvalue weighted by Crippen LogP contribution is -2.33. The van der Waals surface area contributed by atoms with Crippen LogP contribution in [0.1, 0.15) is 48.8 Å². The van der Waals surface area contributed by atoms with E-state index in [1.807, 2.05) is 26.0 Å². The number of nitrogens with zero attached hydrogens (tertiary/aromatic N) is 1. The third kappa shape index (κ3) is 4.01. The molecule has 0 bridgehead atoms. The number of pyridine rings is 1. The molecule has 0 radical (unpaired) electrons. The Bertz CT molecular complexity index is 428. The van der Waals surface area contributed by atoms with Gasteiger partial charge in [-0.2, -0.15) is 0 Å². The Labute approximate surface area is 113 Å². The van der Waals surface area contributed by atoms with Crippen LogP contribution in [0.15, 0.2) is 18.2 Å². The third-order valence-electron chi connectivity index (χ3n) is 3.08. The first kappa shape index (κ1) is 14.0. The third-order valence-corrected chi connectivity index (χ3v) is 3.08. The van der Waals surface area contributed by atoms with Crippen molar-refractivity contribution in [3.05, 3.63) is 29.6 Å². The van der Waals surface area contributed by atoms with Crippen LogP contribution in [0, 0.1) is 0 Å². The molecule has 5 nitrogen and oxygen atoms in total. The number of amides is 1. The Hall–Kier alpha value is -1.46. The predicted octanol–water partition coefficient (Wildman–Crippen LogP) is 2.05. The molecule has 0 saturated carbocycles. The molecular formula is C14H20N2O3. The molecule has 0 unspecified atom stereocenters. The molecule has 1 amide bonds. The summed E-state index contributed by atoms with van der Waals surface area (Å²) in [5, 5.41) is 0. The Balaban J connectivity index is 1.90. The second-order valence-corrected chi connectivity index (χ2v) is 4.96. The zero-order valence-electron chi connectivity index (χ0n) is 11.4. The van der Waals surface area contributed by atoms with Gasteiger partial charge in [0.1, 0.15) is 5.69 Å². The Morgan fingerprint density at radius 1 is 1.42 bits per heavy atom. The van der Waals surface area contributed by atoms with Crippen molar-refractivity contribution in [2.45, 2.75) is 38.7 Å². The topological polar surface area (TPSA) is 60.5 Å². The normalized spacial score (nSPS) is 16.6. The summed E-state index contributed by atoms with van der Waals surface area (Å²) >= 11 is 0. The first-order valence-electron chi connectivity index (χ1n) is 6.67. The van der Waals surface area contributed by atoms with Gasteiger partial charge in [0.15, 0.2) is 0 Å². The number of aromatic nitrogens is 1. The SMILES string of the molecule is CC(C)c1cccc(C(=O)NOC2CCOCC2)n1. The summed E-state index contributed by atoms with van der Waals surface area (Å²) in [4.78, 5) is 21.6. The Kier molecular flexibility index (Phi) is 4.87. The van der Waals surface area contributed by atoms with Gasteiger partial charge in [0, 0.05) is 18.9 Å². The van der Waals surface area contributed by atoms with E-state index < -0.39 is 0 Å². The number of nitrogens with one attached hydrogen (secondary N) is 1. The highest BCUT2D eigenvalue weighted by Crippen LogP contribution is 2.12. The van der Waals surface area contributed by atoms with E-state index in [-0.39, 0.29) is 12.0 Å². The summed E-state index contributed by atoms with van der Waals surface area (Å²) in [5.41, 5.74) is 3.77. The molecule has 1 fully saturated rings. The van der Waals surface area contributed by atoms with Crippen molar-refractivity contribution in [1.82, 2.24) is 10.5 Å². The first-order chi connectivity index (χ1) is 9.16. The van der Waals surface area contributed by atoms with E-state index in [2.05, 4.69) is 10.5 Å². The fourth-order valence-electron chi connectivity index (χ4n) is 1.88. The molecule has 1 saturated heterocycles. The van der Waals surface area contributed by atoms with Crippen molar-refractivity contribution in [2.75, 3.05) is 13.2 Å². The zero-order chi connectivity index (χ0) is 13.7. The van der Waals surface area contributed by atoms with E-state index in [0.29, 0.717) is 24.8 Å². The van der Waals surface area contributed by atoms with Crippen LogP contribution in [0.3, 0.4) is 0 Å². The Morgan fingerprint density at radius 3 is 2.84 bits per heavy atom. The molecule has 104 valence electrons. The van der Waals surface area contributed by atoms with Crippen LogP contribution in [-0.2, 0) is 9.57 Å². The van der Waals surface area contributed by atoms with Gasteiger partial charge in [-0.15, -0.1) is 0 Å². The number of carbonyl (C=O) groups is 1.